The summed E-state index contributed by atoms with van der Waals surface area (Å²) in [5.41, 5.74) is 2.26. The lowest BCUT2D eigenvalue weighted by Gasteiger charge is -2.11. The molecule has 0 aliphatic carbocycles. The summed E-state index contributed by atoms with van der Waals surface area (Å²) in [6.07, 6.45) is 0. The van der Waals surface area contributed by atoms with Gasteiger partial charge in [-0.1, -0.05) is 36.4 Å². The Labute approximate surface area is 113 Å². The van der Waals surface area contributed by atoms with Crippen LogP contribution in [0.1, 0.15) is 16.7 Å². The highest BCUT2D eigenvalue weighted by atomic mass is 32.2. The average molecular weight is 276 g/mol. The highest BCUT2D eigenvalue weighted by Gasteiger charge is 2.17. The Morgan fingerprint density at radius 2 is 1.68 bits per heavy atom. The van der Waals surface area contributed by atoms with Crippen molar-refractivity contribution in [1.29, 1.82) is 0 Å². The third-order valence-corrected chi connectivity index (χ3v) is 4.79. The van der Waals surface area contributed by atoms with E-state index >= 15 is 0 Å². The zero-order chi connectivity index (χ0) is 13.9. The van der Waals surface area contributed by atoms with Crippen LogP contribution in [0, 0.1) is 6.92 Å². The second-order valence-electron chi connectivity index (χ2n) is 4.44. The zero-order valence-electron chi connectivity index (χ0n) is 10.7. The Morgan fingerprint density at radius 3 is 2.32 bits per heavy atom. The molecule has 1 N–H and O–H groups in total. The van der Waals surface area contributed by atoms with Gasteiger partial charge in [-0.25, -0.2) is 8.42 Å². The summed E-state index contributed by atoms with van der Waals surface area (Å²) in [6, 6.07) is 13.8. The van der Waals surface area contributed by atoms with Gasteiger partial charge >= 0.3 is 0 Å². The maximum atomic E-state index is 12.3. The molecule has 0 radical (unpaired) electrons. The molecule has 19 heavy (non-hydrogen) atoms. The highest BCUT2D eigenvalue weighted by molar-refractivity contribution is 7.90. The Bertz CT molecular complexity index is 661. The first-order chi connectivity index (χ1) is 9.04. The van der Waals surface area contributed by atoms with Crippen LogP contribution in [0.5, 0.6) is 0 Å². The van der Waals surface area contributed by atoms with Crippen LogP contribution < -0.4 is 0 Å². The van der Waals surface area contributed by atoms with Crippen molar-refractivity contribution in [3.8, 4) is 0 Å². The SMILES string of the molecule is Cc1cccc(CS(=O)(=O)c2ccccc2)c1CO. The first-order valence-corrected chi connectivity index (χ1v) is 7.66. The van der Waals surface area contributed by atoms with Gasteiger partial charge < -0.3 is 5.11 Å². The Morgan fingerprint density at radius 1 is 1.00 bits per heavy atom. The van der Waals surface area contributed by atoms with E-state index in [1.165, 1.54) is 0 Å². The summed E-state index contributed by atoms with van der Waals surface area (Å²) in [6.45, 7) is 1.72. The molecule has 2 aromatic carbocycles. The molecule has 0 saturated heterocycles. The fraction of sp³-hybridized carbons (Fsp3) is 0.200. The molecule has 0 amide bonds. The first kappa shape index (κ1) is 13.8. The van der Waals surface area contributed by atoms with Crippen LogP contribution in [0.2, 0.25) is 0 Å². The van der Waals surface area contributed by atoms with Crippen molar-refractivity contribution in [1.82, 2.24) is 0 Å². The second kappa shape index (κ2) is 5.55. The molecule has 0 fully saturated rings. The fourth-order valence-electron chi connectivity index (χ4n) is 2.04. The van der Waals surface area contributed by atoms with Crippen LogP contribution in [0.25, 0.3) is 0 Å². The van der Waals surface area contributed by atoms with Crippen molar-refractivity contribution in [3.63, 3.8) is 0 Å². The normalized spacial score (nSPS) is 11.5. The molecular weight excluding hydrogens is 260 g/mol. The molecule has 0 aliphatic heterocycles. The van der Waals surface area contributed by atoms with Gasteiger partial charge in [0.15, 0.2) is 9.84 Å². The Balaban J connectivity index is 2.39. The molecule has 2 aromatic rings. The predicted molar refractivity (Wildman–Crippen MR) is 74.4 cm³/mol. The van der Waals surface area contributed by atoms with E-state index in [1.807, 2.05) is 19.1 Å². The maximum absolute atomic E-state index is 12.3. The molecule has 0 spiro atoms. The minimum Gasteiger partial charge on any atom is -0.392 e. The van der Waals surface area contributed by atoms with Gasteiger partial charge in [-0.3, -0.25) is 0 Å². The summed E-state index contributed by atoms with van der Waals surface area (Å²) in [5, 5.41) is 9.37. The number of aliphatic hydroxyl groups excluding tert-OH is 1. The lowest BCUT2D eigenvalue weighted by molar-refractivity contribution is 0.280. The Hall–Kier alpha value is -1.65. The lowest BCUT2D eigenvalue weighted by Crippen LogP contribution is -2.08. The molecule has 0 atom stereocenters. The third kappa shape index (κ3) is 3.03. The number of aliphatic hydroxyl groups is 1. The zero-order valence-corrected chi connectivity index (χ0v) is 11.5. The number of hydrogen-bond acceptors (Lipinski definition) is 3. The van der Waals surface area contributed by atoms with E-state index in [2.05, 4.69) is 0 Å². The largest absolute Gasteiger partial charge is 0.392 e. The van der Waals surface area contributed by atoms with Gasteiger partial charge in [-0.05, 0) is 35.7 Å². The molecule has 0 unspecified atom stereocenters. The van der Waals surface area contributed by atoms with Gasteiger partial charge in [-0.2, -0.15) is 0 Å². The summed E-state index contributed by atoms with van der Waals surface area (Å²) < 4.78 is 24.6. The molecule has 2 rings (SSSR count). The van der Waals surface area contributed by atoms with Gasteiger partial charge in [0.05, 0.1) is 17.3 Å². The average Bonchev–Trinajstić information content (AvgIpc) is 2.40. The van der Waals surface area contributed by atoms with E-state index in [9.17, 15) is 13.5 Å². The number of benzene rings is 2. The number of aryl methyl sites for hydroxylation is 1. The van der Waals surface area contributed by atoms with E-state index in [0.29, 0.717) is 16.0 Å². The van der Waals surface area contributed by atoms with E-state index in [1.54, 1.807) is 36.4 Å². The van der Waals surface area contributed by atoms with E-state index in [4.69, 9.17) is 0 Å². The molecular formula is C15H16O3S. The molecule has 0 bridgehead atoms. The summed E-state index contributed by atoms with van der Waals surface area (Å²) in [7, 11) is -3.37. The topological polar surface area (TPSA) is 54.4 Å². The monoisotopic (exact) mass is 276 g/mol. The van der Waals surface area contributed by atoms with Gasteiger partial charge in [0.2, 0.25) is 0 Å². The van der Waals surface area contributed by atoms with Crippen LogP contribution in [0.4, 0.5) is 0 Å². The molecule has 3 nitrogen and oxygen atoms in total. The standard InChI is InChI=1S/C15H16O3S/c1-12-6-5-7-13(15(12)10-16)11-19(17,18)14-8-3-2-4-9-14/h2-9,16H,10-11H2,1H3. The minimum atomic E-state index is -3.37. The van der Waals surface area contributed by atoms with Crippen molar-refractivity contribution >= 4 is 9.84 Å². The van der Waals surface area contributed by atoms with Crippen LogP contribution in [0.15, 0.2) is 53.4 Å². The summed E-state index contributed by atoms with van der Waals surface area (Å²) in [5.74, 6) is -0.0887. The molecule has 0 heterocycles. The molecule has 0 aliphatic rings. The van der Waals surface area contributed by atoms with Gasteiger partial charge in [-0.15, -0.1) is 0 Å². The van der Waals surface area contributed by atoms with Gasteiger partial charge in [0.1, 0.15) is 0 Å². The van der Waals surface area contributed by atoms with Gasteiger partial charge in [0, 0.05) is 0 Å². The van der Waals surface area contributed by atoms with E-state index < -0.39 is 9.84 Å². The van der Waals surface area contributed by atoms with Crippen molar-refractivity contribution in [2.24, 2.45) is 0 Å². The maximum Gasteiger partial charge on any atom is 0.182 e. The smallest absolute Gasteiger partial charge is 0.182 e. The third-order valence-electron chi connectivity index (χ3n) is 3.11. The fourth-order valence-corrected chi connectivity index (χ4v) is 3.46. The second-order valence-corrected chi connectivity index (χ2v) is 6.43. The Kier molecular flexibility index (Phi) is 4.02. The number of rotatable bonds is 4. The van der Waals surface area contributed by atoms with Crippen LogP contribution in [0.3, 0.4) is 0 Å². The van der Waals surface area contributed by atoms with Crippen LogP contribution in [-0.2, 0) is 22.2 Å². The quantitative estimate of drug-likeness (QED) is 0.933. The molecule has 4 heteroatoms. The van der Waals surface area contributed by atoms with Crippen molar-refractivity contribution in [2.75, 3.05) is 0 Å². The van der Waals surface area contributed by atoms with Crippen molar-refractivity contribution in [2.45, 2.75) is 24.2 Å². The van der Waals surface area contributed by atoms with Gasteiger partial charge in [0.25, 0.3) is 0 Å². The van der Waals surface area contributed by atoms with Crippen molar-refractivity contribution in [3.05, 3.63) is 65.2 Å². The first-order valence-electron chi connectivity index (χ1n) is 6.00. The number of hydrogen-bond donors (Lipinski definition) is 1. The lowest BCUT2D eigenvalue weighted by atomic mass is 10.0. The minimum absolute atomic E-state index is 0.0887. The van der Waals surface area contributed by atoms with Crippen LogP contribution in [-0.4, -0.2) is 13.5 Å². The van der Waals surface area contributed by atoms with E-state index in [-0.39, 0.29) is 12.4 Å². The van der Waals surface area contributed by atoms with Crippen LogP contribution >= 0.6 is 0 Å². The molecule has 0 saturated carbocycles. The van der Waals surface area contributed by atoms with E-state index in [0.717, 1.165) is 5.56 Å². The summed E-state index contributed by atoms with van der Waals surface area (Å²) >= 11 is 0. The molecule has 100 valence electrons. The number of sulfone groups is 1. The predicted octanol–water partition coefficient (Wildman–Crippen LogP) is 2.46. The summed E-state index contributed by atoms with van der Waals surface area (Å²) in [4.78, 5) is 0.306. The van der Waals surface area contributed by atoms with Crippen molar-refractivity contribution < 1.29 is 13.5 Å². The molecule has 0 aromatic heterocycles. The highest BCUT2D eigenvalue weighted by Crippen LogP contribution is 2.21.